The molecule has 0 atom stereocenters. The van der Waals surface area contributed by atoms with Crippen LogP contribution >= 0.6 is 23.2 Å². The molecule has 72 valence electrons. The number of hydrogen-bond acceptors (Lipinski definition) is 3. The Kier molecular flexibility index (Phi) is 3.05. The Bertz CT molecular complexity index is 417. The molecular weight excluding hydrogens is 233 g/mol. The van der Waals surface area contributed by atoms with E-state index in [0.717, 1.165) is 0 Å². The lowest BCUT2D eigenvalue weighted by atomic mass is 10.3. The highest BCUT2D eigenvalue weighted by Crippen LogP contribution is 2.23. The average Bonchev–Trinajstić information content (AvgIpc) is 2.09. The van der Waals surface area contributed by atoms with E-state index >= 15 is 0 Å². The molecule has 2 N–H and O–H groups in total. The molecule has 0 aromatic heterocycles. The van der Waals surface area contributed by atoms with E-state index in [-0.39, 0.29) is 10.6 Å². The molecule has 1 rings (SSSR count). The highest BCUT2D eigenvalue weighted by atomic mass is 35.5. The summed E-state index contributed by atoms with van der Waals surface area (Å²) in [4.78, 5) is 0.0874. The summed E-state index contributed by atoms with van der Waals surface area (Å²) in [6, 6.07) is 4.09. The standard InChI is InChI=1S/C7H7Cl2NO2S/c8-4-13(11,12)5-1-2-6(9)7(10)3-5/h1-3H,4,10H2. The highest BCUT2D eigenvalue weighted by Gasteiger charge is 2.13. The number of nitrogen functional groups attached to an aromatic ring is 1. The first-order valence-electron chi connectivity index (χ1n) is 3.31. The lowest BCUT2D eigenvalue weighted by Crippen LogP contribution is -2.02. The fraction of sp³-hybridized carbons (Fsp3) is 0.143. The first-order valence-corrected chi connectivity index (χ1v) is 5.87. The van der Waals surface area contributed by atoms with Crippen molar-refractivity contribution >= 4 is 38.7 Å². The average molecular weight is 240 g/mol. The van der Waals surface area contributed by atoms with Gasteiger partial charge in [0.05, 0.1) is 15.6 Å². The Labute approximate surface area is 86.4 Å². The summed E-state index contributed by atoms with van der Waals surface area (Å²) in [7, 11) is -3.41. The maximum Gasteiger partial charge on any atom is 0.192 e. The van der Waals surface area contributed by atoms with Crippen molar-refractivity contribution in [2.24, 2.45) is 0 Å². The summed E-state index contributed by atoms with van der Waals surface area (Å²) in [6.07, 6.45) is 0. The second-order valence-electron chi connectivity index (χ2n) is 2.41. The van der Waals surface area contributed by atoms with E-state index in [1.807, 2.05) is 0 Å². The zero-order chi connectivity index (χ0) is 10.1. The summed E-state index contributed by atoms with van der Waals surface area (Å²) < 4.78 is 22.5. The lowest BCUT2D eigenvalue weighted by molar-refractivity contribution is 0.600. The summed E-state index contributed by atoms with van der Waals surface area (Å²) in [6.45, 7) is 0. The summed E-state index contributed by atoms with van der Waals surface area (Å²) in [5.41, 5.74) is 5.66. The predicted octanol–water partition coefficient (Wildman–Crippen LogP) is 1.89. The van der Waals surface area contributed by atoms with Gasteiger partial charge < -0.3 is 5.73 Å². The van der Waals surface area contributed by atoms with Gasteiger partial charge in [-0.1, -0.05) is 11.6 Å². The van der Waals surface area contributed by atoms with E-state index in [4.69, 9.17) is 28.9 Å². The number of sulfone groups is 1. The summed E-state index contributed by atoms with van der Waals surface area (Å²) in [5.74, 6) is 0. The molecule has 0 saturated carbocycles. The monoisotopic (exact) mass is 239 g/mol. The van der Waals surface area contributed by atoms with Gasteiger partial charge in [-0.25, -0.2) is 8.42 Å². The van der Waals surface area contributed by atoms with E-state index in [1.54, 1.807) is 0 Å². The third-order valence-corrected chi connectivity index (χ3v) is 3.94. The molecule has 0 unspecified atom stereocenters. The molecule has 3 nitrogen and oxygen atoms in total. The quantitative estimate of drug-likeness (QED) is 0.634. The molecule has 0 bridgehead atoms. The molecule has 1 aromatic carbocycles. The minimum atomic E-state index is -3.41. The molecule has 1 aromatic rings. The van der Waals surface area contributed by atoms with E-state index in [2.05, 4.69) is 0 Å². The Morgan fingerprint density at radius 1 is 1.38 bits per heavy atom. The van der Waals surface area contributed by atoms with Gasteiger partial charge in [-0.3, -0.25) is 0 Å². The molecule has 0 aliphatic heterocycles. The molecule has 0 saturated heterocycles. The highest BCUT2D eigenvalue weighted by molar-refractivity contribution is 7.92. The topological polar surface area (TPSA) is 60.2 Å². The van der Waals surface area contributed by atoms with E-state index in [9.17, 15) is 8.42 Å². The number of halogens is 2. The van der Waals surface area contributed by atoms with Crippen LogP contribution in [0.15, 0.2) is 23.1 Å². The van der Waals surface area contributed by atoms with Gasteiger partial charge in [0.25, 0.3) is 0 Å². The normalized spacial score (nSPS) is 11.5. The zero-order valence-corrected chi connectivity index (χ0v) is 8.83. The first-order chi connectivity index (χ1) is 5.97. The van der Waals surface area contributed by atoms with Crippen LogP contribution < -0.4 is 5.73 Å². The van der Waals surface area contributed by atoms with Crippen LogP contribution in [0.1, 0.15) is 0 Å². The molecule has 0 heterocycles. The second-order valence-corrected chi connectivity index (χ2v) is 5.39. The molecular formula is C7H7Cl2NO2S. The zero-order valence-electron chi connectivity index (χ0n) is 6.50. The van der Waals surface area contributed by atoms with Crippen molar-refractivity contribution in [2.45, 2.75) is 4.90 Å². The smallest absolute Gasteiger partial charge is 0.192 e. The molecule has 0 amide bonds. The third kappa shape index (κ3) is 2.27. The van der Waals surface area contributed by atoms with Gasteiger partial charge in [0.2, 0.25) is 0 Å². The van der Waals surface area contributed by atoms with Gasteiger partial charge in [-0.2, -0.15) is 0 Å². The maximum atomic E-state index is 11.2. The molecule has 0 spiro atoms. The van der Waals surface area contributed by atoms with Crippen molar-refractivity contribution in [3.8, 4) is 0 Å². The van der Waals surface area contributed by atoms with E-state index in [1.165, 1.54) is 18.2 Å². The number of nitrogens with two attached hydrogens (primary N) is 1. The molecule has 13 heavy (non-hydrogen) atoms. The van der Waals surface area contributed by atoms with E-state index < -0.39 is 15.0 Å². The van der Waals surface area contributed by atoms with Crippen LogP contribution in [0.25, 0.3) is 0 Å². The number of hydrogen-bond donors (Lipinski definition) is 1. The Balaban J connectivity index is 3.27. The minimum Gasteiger partial charge on any atom is -0.397 e. The SMILES string of the molecule is Nc1cc(S(=O)(=O)CCl)ccc1Cl. The summed E-state index contributed by atoms with van der Waals surface area (Å²) >= 11 is 10.9. The van der Waals surface area contributed by atoms with Gasteiger partial charge in [-0.15, -0.1) is 11.6 Å². The molecule has 0 aliphatic carbocycles. The van der Waals surface area contributed by atoms with Crippen molar-refractivity contribution in [1.82, 2.24) is 0 Å². The van der Waals surface area contributed by atoms with Crippen molar-refractivity contribution < 1.29 is 8.42 Å². The Morgan fingerprint density at radius 2 is 2.00 bits per heavy atom. The second kappa shape index (κ2) is 3.74. The van der Waals surface area contributed by atoms with Crippen molar-refractivity contribution in [2.75, 3.05) is 10.9 Å². The molecule has 6 heteroatoms. The van der Waals surface area contributed by atoms with Gasteiger partial charge in [0, 0.05) is 0 Å². The largest absolute Gasteiger partial charge is 0.397 e. The lowest BCUT2D eigenvalue weighted by Gasteiger charge is -2.02. The molecule has 0 radical (unpaired) electrons. The van der Waals surface area contributed by atoms with Crippen molar-refractivity contribution in [1.29, 1.82) is 0 Å². The number of alkyl halides is 1. The van der Waals surface area contributed by atoms with Gasteiger partial charge in [0.1, 0.15) is 5.21 Å². The predicted molar refractivity (Wildman–Crippen MR) is 53.8 cm³/mol. The van der Waals surface area contributed by atoms with Crippen LogP contribution in [0.5, 0.6) is 0 Å². The molecule has 0 aliphatic rings. The van der Waals surface area contributed by atoms with Crippen molar-refractivity contribution in [3.63, 3.8) is 0 Å². The van der Waals surface area contributed by atoms with Gasteiger partial charge in [0.15, 0.2) is 9.84 Å². The third-order valence-electron chi connectivity index (χ3n) is 1.47. The fourth-order valence-corrected chi connectivity index (χ4v) is 1.98. The van der Waals surface area contributed by atoms with Crippen LogP contribution in [0.2, 0.25) is 5.02 Å². The number of anilines is 1. The summed E-state index contributed by atoms with van der Waals surface area (Å²) in [5, 5.41) is -0.137. The van der Waals surface area contributed by atoms with Crippen molar-refractivity contribution in [3.05, 3.63) is 23.2 Å². The van der Waals surface area contributed by atoms with E-state index in [0.29, 0.717) is 5.02 Å². The first kappa shape index (κ1) is 10.6. The van der Waals surface area contributed by atoms with Crippen LogP contribution in [0, 0.1) is 0 Å². The van der Waals surface area contributed by atoms with Gasteiger partial charge in [-0.05, 0) is 18.2 Å². The van der Waals surface area contributed by atoms with Crippen LogP contribution in [0.4, 0.5) is 5.69 Å². The fourth-order valence-electron chi connectivity index (χ4n) is 0.778. The maximum absolute atomic E-state index is 11.2. The number of rotatable bonds is 2. The molecule has 0 fully saturated rings. The van der Waals surface area contributed by atoms with Crippen LogP contribution in [-0.4, -0.2) is 13.6 Å². The Morgan fingerprint density at radius 3 is 2.46 bits per heavy atom. The minimum absolute atomic E-state index is 0.0874. The number of benzene rings is 1. The van der Waals surface area contributed by atoms with Crippen LogP contribution in [-0.2, 0) is 9.84 Å². The van der Waals surface area contributed by atoms with Gasteiger partial charge >= 0.3 is 0 Å². The Hall–Kier alpha value is -0.450. The van der Waals surface area contributed by atoms with Crippen LogP contribution in [0.3, 0.4) is 0 Å².